The van der Waals surface area contributed by atoms with E-state index in [1.54, 1.807) is 11.8 Å². The molecular formula is C18H18OS. The maximum absolute atomic E-state index is 12.7. The summed E-state index contributed by atoms with van der Waals surface area (Å²) in [6.45, 7) is 2.17. The first-order valence-electron chi connectivity index (χ1n) is 7.14. The molecule has 1 heterocycles. The van der Waals surface area contributed by atoms with Crippen LogP contribution >= 0.6 is 11.8 Å². The first kappa shape index (κ1) is 13.4. The number of carbonyl (C=O) groups excluding carboxylic acids is 1. The molecule has 1 unspecified atom stereocenters. The van der Waals surface area contributed by atoms with Crippen molar-refractivity contribution in [3.63, 3.8) is 0 Å². The fourth-order valence-electron chi connectivity index (χ4n) is 2.71. The molecule has 0 bridgehead atoms. The van der Waals surface area contributed by atoms with Crippen molar-refractivity contribution < 1.29 is 4.79 Å². The molecule has 2 aromatic carbocycles. The Bertz CT molecular complexity index is 616. The van der Waals surface area contributed by atoms with E-state index in [2.05, 4.69) is 31.2 Å². The van der Waals surface area contributed by atoms with E-state index in [0.29, 0.717) is 0 Å². The number of hydrogen-bond acceptors (Lipinski definition) is 2. The van der Waals surface area contributed by atoms with E-state index >= 15 is 0 Å². The highest BCUT2D eigenvalue weighted by atomic mass is 32.2. The molecule has 1 atom stereocenters. The summed E-state index contributed by atoms with van der Waals surface area (Å²) in [6.07, 6.45) is 2.22. The van der Waals surface area contributed by atoms with Crippen molar-refractivity contribution >= 4 is 17.5 Å². The van der Waals surface area contributed by atoms with Gasteiger partial charge in [0.05, 0.1) is 5.92 Å². The van der Waals surface area contributed by atoms with Gasteiger partial charge in [-0.3, -0.25) is 4.79 Å². The second-order valence-corrected chi connectivity index (χ2v) is 6.27. The molecule has 0 amide bonds. The zero-order chi connectivity index (χ0) is 13.9. The molecule has 2 heteroatoms. The van der Waals surface area contributed by atoms with E-state index in [1.165, 1.54) is 16.0 Å². The first-order valence-corrected chi connectivity index (χ1v) is 8.13. The van der Waals surface area contributed by atoms with Crippen LogP contribution in [0, 0.1) is 0 Å². The highest BCUT2D eigenvalue weighted by molar-refractivity contribution is 7.99. The van der Waals surface area contributed by atoms with Crippen LogP contribution in [0.2, 0.25) is 0 Å². The second kappa shape index (κ2) is 5.84. The van der Waals surface area contributed by atoms with Crippen LogP contribution < -0.4 is 0 Å². The van der Waals surface area contributed by atoms with E-state index in [9.17, 15) is 4.79 Å². The number of hydrogen-bond donors (Lipinski definition) is 0. The Balaban J connectivity index is 1.83. The molecule has 2 aromatic rings. The Morgan fingerprint density at radius 2 is 1.90 bits per heavy atom. The van der Waals surface area contributed by atoms with Crippen LogP contribution in [0.5, 0.6) is 0 Å². The van der Waals surface area contributed by atoms with Crippen molar-refractivity contribution in [2.45, 2.75) is 30.6 Å². The summed E-state index contributed by atoms with van der Waals surface area (Å²) in [4.78, 5) is 13.9. The van der Waals surface area contributed by atoms with E-state index < -0.39 is 0 Å². The van der Waals surface area contributed by atoms with Gasteiger partial charge in [-0.05, 0) is 23.6 Å². The summed E-state index contributed by atoms with van der Waals surface area (Å²) >= 11 is 1.79. The lowest BCUT2D eigenvalue weighted by Gasteiger charge is -2.10. The number of ketones is 1. The third-order valence-corrected chi connectivity index (χ3v) is 4.98. The van der Waals surface area contributed by atoms with Gasteiger partial charge < -0.3 is 0 Å². The maximum Gasteiger partial charge on any atom is 0.171 e. The summed E-state index contributed by atoms with van der Waals surface area (Å²) in [5.41, 5.74) is 3.34. The average molecular weight is 282 g/mol. The Hall–Kier alpha value is -1.54. The van der Waals surface area contributed by atoms with Crippen LogP contribution in [0.4, 0.5) is 0 Å². The Labute approximate surface area is 124 Å². The smallest absolute Gasteiger partial charge is 0.171 e. The lowest BCUT2D eigenvalue weighted by molar-refractivity contribution is 0.0968. The lowest BCUT2D eigenvalue weighted by atomic mass is 9.92. The Morgan fingerprint density at radius 1 is 1.15 bits per heavy atom. The molecule has 1 nitrogen and oxygen atoms in total. The zero-order valence-corrected chi connectivity index (χ0v) is 12.5. The topological polar surface area (TPSA) is 17.1 Å². The Morgan fingerprint density at radius 3 is 2.65 bits per heavy atom. The molecule has 0 radical (unpaired) electrons. The molecule has 3 rings (SSSR count). The summed E-state index contributed by atoms with van der Waals surface area (Å²) in [5, 5.41) is 0. The van der Waals surface area contributed by atoms with Crippen molar-refractivity contribution in [2.24, 2.45) is 0 Å². The SMILES string of the molecule is CCCc1ccc(C(=O)C2CSc3ccccc32)cc1. The summed E-state index contributed by atoms with van der Waals surface area (Å²) in [5.74, 6) is 1.15. The standard InChI is InChI=1S/C18H18OS/c1-2-5-13-8-10-14(11-9-13)18(19)16-12-20-17-7-4-3-6-15(16)17/h3-4,6-11,16H,2,5,12H2,1H3. The van der Waals surface area contributed by atoms with Gasteiger partial charge in [0.15, 0.2) is 5.78 Å². The lowest BCUT2D eigenvalue weighted by Crippen LogP contribution is -2.12. The van der Waals surface area contributed by atoms with Gasteiger partial charge in [0.25, 0.3) is 0 Å². The van der Waals surface area contributed by atoms with Crippen molar-refractivity contribution in [1.29, 1.82) is 0 Å². The number of thioether (sulfide) groups is 1. The molecule has 0 aliphatic carbocycles. The zero-order valence-electron chi connectivity index (χ0n) is 11.6. The fraction of sp³-hybridized carbons (Fsp3) is 0.278. The third kappa shape index (κ3) is 2.53. The van der Waals surface area contributed by atoms with Crippen LogP contribution in [0.1, 0.15) is 40.7 Å². The number of Topliss-reactive ketones (excluding diaryl/α,β-unsaturated/α-hetero) is 1. The van der Waals surface area contributed by atoms with Crippen LogP contribution in [0.3, 0.4) is 0 Å². The van der Waals surface area contributed by atoms with Crippen molar-refractivity contribution in [1.82, 2.24) is 0 Å². The summed E-state index contributed by atoms with van der Waals surface area (Å²) < 4.78 is 0. The van der Waals surface area contributed by atoms with Crippen LogP contribution in [-0.4, -0.2) is 11.5 Å². The first-order chi connectivity index (χ1) is 9.79. The van der Waals surface area contributed by atoms with E-state index in [0.717, 1.165) is 24.2 Å². The summed E-state index contributed by atoms with van der Waals surface area (Å²) in [7, 11) is 0. The van der Waals surface area contributed by atoms with Gasteiger partial charge >= 0.3 is 0 Å². The van der Waals surface area contributed by atoms with Gasteiger partial charge in [-0.2, -0.15) is 0 Å². The van der Waals surface area contributed by atoms with Crippen LogP contribution in [0.15, 0.2) is 53.4 Å². The predicted molar refractivity (Wildman–Crippen MR) is 84.7 cm³/mol. The number of carbonyl (C=O) groups is 1. The van der Waals surface area contributed by atoms with Gasteiger partial charge in [0, 0.05) is 16.2 Å². The van der Waals surface area contributed by atoms with Crippen molar-refractivity contribution in [3.8, 4) is 0 Å². The molecule has 0 fully saturated rings. The molecule has 0 saturated heterocycles. The highest BCUT2D eigenvalue weighted by Gasteiger charge is 2.29. The minimum atomic E-state index is 0.0215. The van der Waals surface area contributed by atoms with E-state index in [4.69, 9.17) is 0 Å². The molecule has 20 heavy (non-hydrogen) atoms. The minimum absolute atomic E-state index is 0.0215. The molecule has 102 valence electrons. The number of rotatable bonds is 4. The molecule has 1 aliphatic heterocycles. The number of benzene rings is 2. The van der Waals surface area contributed by atoms with Gasteiger partial charge in [0.2, 0.25) is 0 Å². The minimum Gasteiger partial charge on any atom is -0.293 e. The van der Waals surface area contributed by atoms with Crippen molar-refractivity contribution in [2.75, 3.05) is 5.75 Å². The normalized spacial score (nSPS) is 16.9. The molecule has 0 spiro atoms. The number of aryl methyl sites for hydroxylation is 1. The van der Waals surface area contributed by atoms with E-state index in [1.807, 2.05) is 24.3 Å². The number of fused-ring (bicyclic) bond motifs is 1. The van der Waals surface area contributed by atoms with Crippen molar-refractivity contribution in [3.05, 3.63) is 65.2 Å². The van der Waals surface area contributed by atoms with Gasteiger partial charge in [-0.15, -0.1) is 11.8 Å². The van der Waals surface area contributed by atoms with Gasteiger partial charge in [-0.25, -0.2) is 0 Å². The summed E-state index contributed by atoms with van der Waals surface area (Å²) in [6, 6.07) is 16.4. The molecule has 0 aromatic heterocycles. The van der Waals surface area contributed by atoms with Crippen LogP contribution in [-0.2, 0) is 6.42 Å². The predicted octanol–water partition coefficient (Wildman–Crippen LogP) is 4.71. The van der Waals surface area contributed by atoms with E-state index in [-0.39, 0.29) is 11.7 Å². The van der Waals surface area contributed by atoms with Gasteiger partial charge in [-0.1, -0.05) is 55.8 Å². The quantitative estimate of drug-likeness (QED) is 0.755. The molecule has 0 saturated carbocycles. The molecule has 0 N–H and O–H groups in total. The Kier molecular flexibility index (Phi) is 3.93. The largest absolute Gasteiger partial charge is 0.293 e. The second-order valence-electron chi connectivity index (χ2n) is 5.21. The monoisotopic (exact) mass is 282 g/mol. The van der Waals surface area contributed by atoms with Gasteiger partial charge in [0.1, 0.15) is 0 Å². The van der Waals surface area contributed by atoms with Crippen LogP contribution in [0.25, 0.3) is 0 Å². The molecule has 1 aliphatic rings. The molecular weight excluding hydrogens is 264 g/mol. The maximum atomic E-state index is 12.7. The average Bonchev–Trinajstić information content (AvgIpc) is 2.92. The highest BCUT2D eigenvalue weighted by Crippen LogP contribution is 2.40. The third-order valence-electron chi connectivity index (χ3n) is 3.79. The fourth-order valence-corrected chi connectivity index (χ4v) is 3.93.